The van der Waals surface area contributed by atoms with Crippen molar-refractivity contribution in [2.75, 3.05) is 0 Å². The number of fused-ring (bicyclic) bond motifs is 1. The SMILES string of the molecule is CC(C)=CCc1cc(O)c2c(CC(C)N)c[nH]c2c1. The van der Waals surface area contributed by atoms with E-state index < -0.39 is 0 Å². The molecule has 1 heterocycles. The zero-order valence-corrected chi connectivity index (χ0v) is 11.8. The van der Waals surface area contributed by atoms with E-state index in [4.69, 9.17) is 5.73 Å². The summed E-state index contributed by atoms with van der Waals surface area (Å²) in [6.07, 6.45) is 5.71. The first-order valence-electron chi connectivity index (χ1n) is 6.68. The lowest BCUT2D eigenvalue weighted by Gasteiger charge is -2.06. The Bertz CT molecular complexity index is 604. The third-order valence-corrected chi connectivity index (χ3v) is 3.19. The van der Waals surface area contributed by atoms with Crippen molar-refractivity contribution in [3.63, 3.8) is 0 Å². The number of rotatable bonds is 4. The van der Waals surface area contributed by atoms with Gasteiger partial charge >= 0.3 is 0 Å². The number of hydrogen-bond acceptors (Lipinski definition) is 2. The lowest BCUT2D eigenvalue weighted by atomic mass is 10.0. The summed E-state index contributed by atoms with van der Waals surface area (Å²) in [5.74, 6) is 0.339. The Morgan fingerprint density at radius 1 is 1.42 bits per heavy atom. The molecule has 2 aromatic rings. The summed E-state index contributed by atoms with van der Waals surface area (Å²) >= 11 is 0. The van der Waals surface area contributed by atoms with Crippen molar-refractivity contribution >= 4 is 10.9 Å². The first-order valence-corrected chi connectivity index (χ1v) is 6.68. The minimum atomic E-state index is 0.0868. The van der Waals surface area contributed by atoms with Gasteiger partial charge in [0.1, 0.15) is 5.75 Å². The van der Waals surface area contributed by atoms with Crippen molar-refractivity contribution in [3.8, 4) is 5.75 Å². The number of allylic oxidation sites excluding steroid dienone is 2. The Balaban J connectivity index is 2.40. The largest absolute Gasteiger partial charge is 0.507 e. The third-order valence-electron chi connectivity index (χ3n) is 3.19. The van der Waals surface area contributed by atoms with Crippen molar-refractivity contribution in [3.05, 3.63) is 41.1 Å². The number of phenolic OH excluding ortho intramolecular Hbond substituents is 1. The molecule has 0 aliphatic rings. The van der Waals surface area contributed by atoms with Crippen LogP contribution < -0.4 is 5.73 Å². The molecule has 0 saturated carbocycles. The molecule has 0 aliphatic carbocycles. The van der Waals surface area contributed by atoms with Crippen LogP contribution in [0.25, 0.3) is 10.9 Å². The molecule has 0 bridgehead atoms. The summed E-state index contributed by atoms with van der Waals surface area (Å²) in [5.41, 5.74) is 10.3. The summed E-state index contributed by atoms with van der Waals surface area (Å²) in [5, 5.41) is 11.1. The molecule has 1 aromatic heterocycles. The molecule has 0 aliphatic heterocycles. The van der Waals surface area contributed by atoms with Gasteiger partial charge in [0, 0.05) is 23.1 Å². The number of nitrogens with two attached hydrogens (primary N) is 1. The Hall–Kier alpha value is -1.74. The highest BCUT2D eigenvalue weighted by Gasteiger charge is 2.11. The molecule has 19 heavy (non-hydrogen) atoms. The van der Waals surface area contributed by atoms with E-state index in [0.29, 0.717) is 5.75 Å². The Morgan fingerprint density at radius 2 is 2.16 bits per heavy atom. The molecule has 1 aromatic carbocycles. The number of hydrogen-bond donors (Lipinski definition) is 3. The van der Waals surface area contributed by atoms with Crippen molar-refractivity contribution in [2.45, 2.75) is 39.7 Å². The lowest BCUT2D eigenvalue weighted by molar-refractivity contribution is 0.480. The van der Waals surface area contributed by atoms with Crippen LogP contribution in [0.3, 0.4) is 0 Å². The van der Waals surface area contributed by atoms with Gasteiger partial charge in [-0.15, -0.1) is 0 Å². The minimum absolute atomic E-state index is 0.0868. The van der Waals surface area contributed by atoms with E-state index in [0.717, 1.165) is 34.9 Å². The molecule has 0 spiro atoms. The molecule has 0 fully saturated rings. The van der Waals surface area contributed by atoms with E-state index in [1.54, 1.807) is 0 Å². The average molecular weight is 258 g/mol. The summed E-state index contributed by atoms with van der Waals surface area (Å²) < 4.78 is 0. The van der Waals surface area contributed by atoms with Gasteiger partial charge in [-0.3, -0.25) is 0 Å². The Morgan fingerprint density at radius 3 is 2.79 bits per heavy atom. The van der Waals surface area contributed by atoms with Gasteiger partial charge in [-0.25, -0.2) is 0 Å². The molecular formula is C16H22N2O. The summed E-state index contributed by atoms with van der Waals surface area (Å²) in [7, 11) is 0. The standard InChI is InChI=1S/C16H22N2O/c1-10(2)4-5-12-7-14-16(15(19)8-12)13(9-18-14)6-11(3)17/h4,7-9,11,18-19H,5-6,17H2,1-3H3. The van der Waals surface area contributed by atoms with E-state index in [9.17, 15) is 5.11 Å². The predicted molar refractivity (Wildman–Crippen MR) is 80.5 cm³/mol. The molecule has 3 heteroatoms. The normalized spacial score (nSPS) is 12.6. The lowest BCUT2D eigenvalue weighted by Crippen LogP contribution is -2.17. The van der Waals surface area contributed by atoms with Crippen molar-refractivity contribution < 1.29 is 5.11 Å². The molecule has 0 amide bonds. The van der Waals surface area contributed by atoms with Crippen LogP contribution in [-0.4, -0.2) is 16.1 Å². The molecule has 2 rings (SSSR count). The molecule has 3 nitrogen and oxygen atoms in total. The van der Waals surface area contributed by atoms with Gasteiger partial charge in [0.15, 0.2) is 0 Å². The van der Waals surface area contributed by atoms with Crippen molar-refractivity contribution in [1.29, 1.82) is 0 Å². The Kier molecular flexibility index (Phi) is 3.96. The molecule has 0 saturated heterocycles. The molecule has 1 atom stereocenters. The molecule has 4 N–H and O–H groups in total. The van der Waals surface area contributed by atoms with Crippen LogP contribution >= 0.6 is 0 Å². The first kappa shape index (κ1) is 13.7. The van der Waals surface area contributed by atoms with E-state index in [2.05, 4.69) is 31.0 Å². The van der Waals surface area contributed by atoms with Crippen molar-refractivity contribution in [2.24, 2.45) is 5.73 Å². The van der Waals surface area contributed by atoms with Gasteiger partial charge in [-0.05, 0) is 56.9 Å². The highest BCUT2D eigenvalue weighted by molar-refractivity contribution is 5.89. The Labute approximate surface area is 114 Å². The van der Waals surface area contributed by atoms with E-state index in [-0.39, 0.29) is 6.04 Å². The maximum Gasteiger partial charge on any atom is 0.125 e. The molecule has 1 unspecified atom stereocenters. The van der Waals surface area contributed by atoms with Crippen LogP contribution in [0.2, 0.25) is 0 Å². The van der Waals surface area contributed by atoms with Crippen LogP contribution in [0.5, 0.6) is 5.75 Å². The second kappa shape index (κ2) is 5.49. The number of aromatic hydroxyl groups is 1. The van der Waals surface area contributed by atoms with Gasteiger partial charge in [0.05, 0.1) is 0 Å². The van der Waals surface area contributed by atoms with Crippen LogP contribution in [-0.2, 0) is 12.8 Å². The smallest absolute Gasteiger partial charge is 0.125 e. The first-order chi connectivity index (χ1) is 8.97. The van der Waals surface area contributed by atoms with Gasteiger partial charge in [-0.1, -0.05) is 11.6 Å². The number of benzene rings is 1. The predicted octanol–water partition coefficient (Wildman–Crippen LogP) is 3.27. The number of H-pyrrole nitrogens is 1. The van der Waals surface area contributed by atoms with E-state index in [1.165, 1.54) is 5.57 Å². The topological polar surface area (TPSA) is 62.0 Å². The second-order valence-corrected chi connectivity index (χ2v) is 5.52. The summed E-state index contributed by atoms with van der Waals surface area (Å²) in [4.78, 5) is 3.23. The highest BCUT2D eigenvalue weighted by atomic mass is 16.3. The van der Waals surface area contributed by atoms with Crippen LogP contribution in [0, 0.1) is 0 Å². The minimum Gasteiger partial charge on any atom is -0.507 e. The monoisotopic (exact) mass is 258 g/mol. The van der Waals surface area contributed by atoms with Crippen molar-refractivity contribution in [1.82, 2.24) is 4.98 Å². The third kappa shape index (κ3) is 3.18. The van der Waals surface area contributed by atoms with Crippen LogP contribution in [0.1, 0.15) is 31.9 Å². The quantitative estimate of drug-likeness (QED) is 0.737. The van der Waals surface area contributed by atoms with Gasteiger partial charge < -0.3 is 15.8 Å². The number of aromatic amines is 1. The zero-order chi connectivity index (χ0) is 14.0. The highest BCUT2D eigenvalue weighted by Crippen LogP contribution is 2.30. The summed E-state index contributed by atoms with van der Waals surface area (Å²) in [6, 6.07) is 4.03. The molecule has 102 valence electrons. The number of nitrogens with one attached hydrogen (secondary N) is 1. The van der Waals surface area contributed by atoms with Crippen LogP contribution in [0.4, 0.5) is 0 Å². The average Bonchev–Trinajstić information content (AvgIpc) is 2.69. The van der Waals surface area contributed by atoms with Gasteiger partial charge in [-0.2, -0.15) is 0 Å². The second-order valence-electron chi connectivity index (χ2n) is 5.52. The summed E-state index contributed by atoms with van der Waals surface area (Å²) in [6.45, 7) is 6.13. The number of aromatic nitrogens is 1. The van der Waals surface area contributed by atoms with E-state index in [1.807, 2.05) is 19.2 Å². The van der Waals surface area contributed by atoms with Crippen LogP contribution in [0.15, 0.2) is 30.0 Å². The fourth-order valence-corrected chi connectivity index (χ4v) is 2.32. The zero-order valence-electron chi connectivity index (χ0n) is 11.8. The maximum atomic E-state index is 10.2. The van der Waals surface area contributed by atoms with E-state index >= 15 is 0 Å². The maximum absolute atomic E-state index is 10.2. The fraction of sp³-hybridized carbons (Fsp3) is 0.375. The number of phenols is 1. The molecular weight excluding hydrogens is 236 g/mol. The van der Waals surface area contributed by atoms with Gasteiger partial charge in [0.25, 0.3) is 0 Å². The molecule has 0 radical (unpaired) electrons. The fourth-order valence-electron chi connectivity index (χ4n) is 2.32. The van der Waals surface area contributed by atoms with Gasteiger partial charge in [0.2, 0.25) is 0 Å².